The largest absolute Gasteiger partial charge is 0.344 e. The molecule has 7 rings (SSSR count). The van der Waals surface area contributed by atoms with Crippen molar-refractivity contribution < 1.29 is 28.8 Å². The fraction of sp³-hybridized carbons (Fsp3) is 0.233. The van der Waals surface area contributed by atoms with Crippen LogP contribution in [0.2, 0.25) is 0 Å². The summed E-state index contributed by atoms with van der Waals surface area (Å²) in [5.41, 5.74) is 5.00. The molecule has 12 nitrogen and oxygen atoms in total. The number of aromatic nitrogens is 2. The van der Waals surface area contributed by atoms with Gasteiger partial charge < -0.3 is 25.4 Å². The molecule has 2 aliphatic heterocycles. The minimum atomic E-state index is -0.584. The summed E-state index contributed by atoms with van der Waals surface area (Å²) in [5.74, 6) is -2.79. The molecule has 2 saturated heterocycles. The zero-order valence-corrected chi connectivity index (χ0v) is 30.1. The fourth-order valence-electron chi connectivity index (χ4n) is 7.33. The van der Waals surface area contributed by atoms with Crippen LogP contribution in [0.5, 0.6) is 0 Å². The number of carbonyl (C=O) groups is 6. The van der Waals surface area contributed by atoms with Crippen LogP contribution in [-0.4, -0.2) is 80.1 Å². The maximum Gasteiger partial charge on any atom is 0.295 e. The predicted octanol–water partition coefficient (Wildman–Crippen LogP) is 6.15. The lowest BCUT2D eigenvalue weighted by molar-refractivity contribution is -0.129. The molecule has 0 spiro atoms. The minimum Gasteiger partial charge on any atom is -0.344 e. The second-order valence-electron chi connectivity index (χ2n) is 13.8. The highest BCUT2D eigenvalue weighted by Gasteiger charge is 2.35. The van der Waals surface area contributed by atoms with E-state index in [9.17, 15) is 28.8 Å². The Bertz CT molecular complexity index is 2050. The Hall–Kier alpha value is -6.69. The van der Waals surface area contributed by atoms with Gasteiger partial charge in [0, 0.05) is 71.6 Å². The van der Waals surface area contributed by atoms with Crippen LogP contribution in [0.4, 0.5) is 11.4 Å². The maximum absolute atomic E-state index is 13.0. The lowest BCUT2D eigenvalue weighted by Crippen LogP contribution is -2.41. The molecule has 0 saturated carbocycles. The summed E-state index contributed by atoms with van der Waals surface area (Å²) < 4.78 is 0. The molecular formula is C43H40N6O6. The van der Waals surface area contributed by atoms with Gasteiger partial charge in [-0.1, -0.05) is 84.9 Å². The number of imidazole rings is 1. The van der Waals surface area contributed by atoms with E-state index in [0.717, 1.165) is 29.7 Å². The topological polar surface area (TPSA) is 162 Å². The van der Waals surface area contributed by atoms with Crippen LogP contribution in [0.15, 0.2) is 116 Å². The van der Waals surface area contributed by atoms with E-state index >= 15 is 0 Å². The molecule has 3 heterocycles. The summed E-state index contributed by atoms with van der Waals surface area (Å²) in [6.45, 7) is 0.881. The van der Waals surface area contributed by atoms with Crippen LogP contribution in [0.1, 0.15) is 59.2 Å². The van der Waals surface area contributed by atoms with Crippen molar-refractivity contribution in [3.63, 3.8) is 0 Å². The molecule has 5 aromatic rings. The first-order valence-electron chi connectivity index (χ1n) is 18.4. The van der Waals surface area contributed by atoms with Gasteiger partial charge in [-0.2, -0.15) is 0 Å². The number of likely N-dealkylation sites (tertiary alicyclic amines) is 2. The van der Waals surface area contributed by atoms with Crippen LogP contribution < -0.4 is 10.6 Å². The SMILES string of the molecule is O=C(C[C@@H]1CCCN1C(=O)C(=O)c1ccccc1)Nc1ccc(-c2nc[nH]c2-c2ccc(NC(=O)C[C@@H]3CCCN3C(=O)C(=O)c3ccccc3)cc2)cc1. The molecule has 2 atom stereocenters. The Balaban J connectivity index is 0.924. The van der Waals surface area contributed by atoms with E-state index in [-0.39, 0.29) is 36.7 Å². The Morgan fingerprint density at radius 2 is 1.02 bits per heavy atom. The van der Waals surface area contributed by atoms with E-state index < -0.39 is 23.4 Å². The van der Waals surface area contributed by atoms with Crippen molar-refractivity contribution in [2.45, 2.75) is 50.6 Å². The zero-order valence-electron chi connectivity index (χ0n) is 30.1. The number of amides is 4. The molecule has 0 unspecified atom stereocenters. The monoisotopic (exact) mass is 736 g/mol. The van der Waals surface area contributed by atoms with Gasteiger partial charge in [-0.05, 0) is 49.9 Å². The van der Waals surface area contributed by atoms with Gasteiger partial charge in [0.1, 0.15) is 0 Å². The minimum absolute atomic E-state index is 0.0873. The smallest absolute Gasteiger partial charge is 0.295 e. The number of ketones is 2. The first-order chi connectivity index (χ1) is 26.7. The quantitative estimate of drug-likeness (QED) is 0.102. The number of rotatable bonds is 12. The van der Waals surface area contributed by atoms with Gasteiger partial charge in [-0.25, -0.2) is 4.98 Å². The molecule has 2 aliphatic rings. The highest BCUT2D eigenvalue weighted by molar-refractivity contribution is 6.43. The average Bonchev–Trinajstić information content (AvgIpc) is 4.00. The van der Waals surface area contributed by atoms with Crippen LogP contribution in [0.3, 0.4) is 0 Å². The molecular weight excluding hydrogens is 697 g/mol. The molecule has 4 amide bonds. The van der Waals surface area contributed by atoms with Gasteiger partial charge in [-0.15, -0.1) is 0 Å². The molecule has 3 N–H and O–H groups in total. The first kappa shape index (κ1) is 36.7. The second kappa shape index (κ2) is 16.5. The number of nitrogens with one attached hydrogen (secondary N) is 3. The molecule has 0 aliphatic carbocycles. The van der Waals surface area contributed by atoms with Crippen molar-refractivity contribution in [1.82, 2.24) is 19.8 Å². The number of Topliss-reactive ketones (excluding diaryl/α,β-unsaturated/α-hetero) is 2. The van der Waals surface area contributed by atoms with E-state index in [1.54, 1.807) is 91.3 Å². The Kier molecular flexibility index (Phi) is 11.0. The Labute approximate surface area is 318 Å². The van der Waals surface area contributed by atoms with E-state index in [0.29, 0.717) is 54.1 Å². The standard InChI is InChI=1S/C43H40N6O6/c50-36(25-34-13-7-23-48(34)42(54)40(52)30-9-3-1-4-10-30)46-32-19-15-28(16-20-32)38-39(45-27-44-38)29-17-21-33(22-18-29)47-37(51)26-35-14-8-24-49(35)43(55)41(53)31-11-5-2-6-12-31/h1-6,9-12,15-22,27,34-35H,7-8,13-14,23-26H2,(H,44,45)(H,46,50)(H,47,51)/t34-,35-/m0/s1. The summed E-state index contributed by atoms with van der Waals surface area (Å²) >= 11 is 0. The van der Waals surface area contributed by atoms with Gasteiger partial charge in [0.15, 0.2) is 0 Å². The second-order valence-corrected chi connectivity index (χ2v) is 13.8. The van der Waals surface area contributed by atoms with Gasteiger partial charge in [0.25, 0.3) is 11.8 Å². The molecule has 12 heteroatoms. The molecule has 0 bridgehead atoms. The van der Waals surface area contributed by atoms with E-state index in [2.05, 4.69) is 20.6 Å². The van der Waals surface area contributed by atoms with Crippen molar-refractivity contribution in [3.8, 4) is 22.5 Å². The van der Waals surface area contributed by atoms with E-state index in [4.69, 9.17) is 0 Å². The summed E-state index contributed by atoms with van der Waals surface area (Å²) in [7, 11) is 0. The molecule has 1 aromatic heterocycles. The Morgan fingerprint density at radius 3 is 1.47 bits per heavy atom. The summed E-state index contributed by atoms with van der Waals surface area (Å²) in [5, 5.41) is 5.83. The number of anilines is 2. The van der Waals surface area contributed by atoms with Crippen molar-refractivity contribution in [2.24, 2.45) is 0 Å². The van der Waals surface area contributed by atoms with Crippen molar-refractivity contribution >= 4 is 46.6 Å². The lowest BCUT2D eigenvalue weighted by Gasteiger charge is -2.23. The number of hydrogen-bond donors (Lipinski definition) is 3. The van der Waals surface area contributed by atoms with Crippen LogP contribution >= 0.6 is 0 Å². The number of H-pyrrole nitrogens is 1. The first-order valence-corrected chi connectivity index (χ1v) is 18.4. The van der Waals surface area contributed by atoms with E-state index in [1.165, 1.54) is 9.80 Å². The zero-order chi connectivity index (χ0) is 38.3. The molecule has 0 radical (unpaired) electrons. The molecule has 278 valence electrons. The van der Waals surface area contributed by atoms with Crippen LogP contribution in [-0.2, 0) is 19.2 Å². The third-order valence-electron chi connectivity index (χ3n) is 10.1. The Morgan fingerprint density at radius 1 is 0.582 bits per heavy atom. The lowest BCUT2D eigenvalue weighted by atomic mass is 10.0. The summed E-state index contributed by atoms with van der Waals surface area (Å²) in [6.07, 6.45) is 4.53. The highest BCUT2D eigenvalue weighted by atomic mass is 16.2. The number of carbonyl (C=O) groups excluding carboxylic acids is 6. The van der Waals surface area contributed by atoms with Crippen LogP contribution in [0.25, 0.3) is 22.5 Å². The number of nitrogens with zero attached hydrogens (tertiary/aromatic N) is 3. The van der Waals surface area contributed by atoms with Crippen molar-refractivity contribution in [2.75, 3.05) is 23.7 Å². The predicted molar refractivity (Wildman–Crippen MR) is 207 cm³/mol. The van der Waals surface area contributed by atoms with Gasteiger partial charge in [0.2, 0.25) is 23.4 Å². The van der Waals surface area contributed by atoms with Crippen molar-refractivity contribution in [1.29, 1.82) is 0 Å². The van der Waals surface area contributed by atoms with E-state index in [1.807, 2.05) is 24.3 Å². The summed E-state index contributed by atoms with van der Waals surface area (Å²) in [4.78, 5) is 88.2. The van der Waals surface area contributed by atoms with Crippen molar-refractivity contribution in [3.05, 3.63) is 127 Å². The molecule has 2 fully saturated rings. The normalized spacial score (nSPS) is 16.4. The summed E-state index contributed by atoms with van der Waals surface area (Å²) in [6, 6.07) is 30.8. The number of hydrogen-bond acceptors (Lipinski definition) is 7. The van der Waals surface area contributed by atoms with Gasteiger partial charge >= 0.3 is 0 Å². The third kappa shape index (κ3) is 8.43. The average molecular weight is 737 g/mol. The van der Waals surface area contributed by atoms with Gasteiger partial charge in [-0.3, -0.25) is 28.8 Å². The third-order valence-corrected chi connectivity index (χ3v) is 10.1. The maximum atomic E-state index is 13.0. The fourth-order valence-corrected chi connectivity index (χ4v) is 7.33. The highest BCUT2D eigenvalue weighted by Crippen LogP contribution is 2.31. The molecule has 4 aromatic carbocycles. The van der Waals surface area contributed by atoms with Gasteiger partial charge in [0.05, 0.1) is 17.7 Å². The number of benzene rings is 4. The van der Waals surface area contributed by atoms with Crippen LogP contribution in [0, 0.1) is 0 Å². The molecule has 55 heavy (non-hydrogen) atoms. The number of aromatic amines is 1.